The lowest BCUT2D eigenvalue weighted by Crippen LogP contribution is -2.53. The molecule has 3 fully saturated rings. The highest BCUT2D eigenvalue weighted by molar-refractivity contribution is 7.92. The molecule has 4 heterocycles. The zero-order chi connectivity index (χ0) is 37.7. The number of fused-ring (bicyclic) bond motifs is 3. The highest BCUT2D eigenvalue weighted by atomic mass is 35.5. The molecule has 7 rings (SSSR count). The summed E-state index contributed by atoms with van der Waals surface area (Å²) < 4.78 is 49.2. The van der Waals surface area contributed by atoms with E-state index in [9.17, 15) is 18.0 Å². The number of nitrogens with one attached hydrogen (secondary N) is 1. The summed E-state index contributed by atoms with van der Waals surface area (Å²) in [5.41, 5.74) is 2.89. The van der Waals surface area contributed by atoms with Crippen LogP contribution in [0.3, 0.4) is 0 Å². The molecule has 3 aliphatic rings. The van der Waals surface area contributed by atoms with Crippen molar-refractivity contribution in [3.63, 3.8) is 0 Å². The van der Waals surface area contributed by atoms with Gasteiger partial charge in [-0.3, -0.25) is 19.5 Å². The number of pyridine rings is 1. The molecule has 15 heteroatoms. The zero-order valence-electron chi connectivity index (χ0n) is 29.5. The summed E-state index contributed by atoms with van der Waals surface area (Å²) in [6.45, 7) is 2.73. The molecule has 1 aromatic heterocycles. The molecule has 2 atom stereocenters. The number of amides is 1. The van der Waals surface area contributed by atoms with E-state index in [1.807, 2.05) is 0 Å². The molecule has 12 nitrogen and oxygen atoms in total. The van der Waals surface area contributed by atoms with Crippen LogP contribution in [0.5, 0.6) is 11.5 Å². The topological polar surface area (TPSA) is 137 Å². The number of sulfonamides is 1. The van der Waals surface area contributed by atoms with Crippen LogP contribution in [-0.4, -0.2) is 76.6 Å². The third kappa shape index (κ3) is 9.52. The van der Waals surface area contributed by atoms with E-state index in [4.69, 9.17) is 42.1 Å². The van der Waals surface area contributed by atoms with Crippen molar-refractivity contribution in [1.82, 2.24) is 9.88 Å². The van der Waals surface area contributed by atoms with Gasteiger partial charge in [-0.25, -0.2) is 18.0 Å². The molecule has 0 radical (unpaired) electrons. The maximum absolute atomic E-state index is 13.9. The Morgan fingerprint density at radius 1 is 0.962 bits per heavy atom. The van der Waals surface area contributed by atoms with Gasteiger partial charge < -0.3 is 18.9 Å². The summed E-state index contributed by atoms with van der Waals surface area (Å²) in [5.74, 6) is 0.628. The molecule has 0 aliphatic carbocycles. The molecular weight excluding hydrogens is 743 g/mol. The minimum Gasteiger partial charge on any atom is -0.493 e. The Morgan fingerprint density at radius 3 is 2.28 bits per heavy atom. The van der Waals surface area contributed by atoms with Gasteiger partial charge in [-0.1, -0.05) is 41.4 Å². The smallest absolute Gasteiger partial charge is 0.414 e. The number of ether oxygens (including phenoxy) is 4. The Labute approximate surface area is 318 Å². The van der Waals surface area contributed by atoms with E-state index in [1.54, 1.807) is 66.7 Å². The summed E-state index contributed by atoms with van der Waals surface area (Å²) in [6, 6.07) is 18.5. The number of halogens is 2. The monoisotopic (exact) mass is 782 g/mol. The van der Waals surface area contributed by atoms with E-state index in [0.717, 1.165) is 32.2 Å². The molecule has 1 N–H and O–H groups in total. The number of carbonyl (C=O) groups is 2. The van der Waals surface area contributed by atoms with E-state index in [0.29, 0.717) is 62.1 Å². The van der Waals surface area contributed by atoms with Crippen LogP contribution < -0.4 is 19.1 Å². The number of aromatic nitrogens is 1. The van der Waals surface area contributed by atoms with Crippen LogP contribution in [0.25, 0.3) is 0 Å². The van der Waals surface area contributed by atoms with Gasteiger partial charge in [0.2, 0.25) is 10.0 Å². The number of esters is 1. The second-order valence-corrected chi connectivity index (χ2v) is 15.6. The number of piperidine rings is 3. The van der Waals surface area contributed by atoms with Crippen LogP contribution >= 0.6 is 23.2 Å². The van der Waals surface area contributed by atoms with Crippen LogP contribution in [0.4, 0.5) is 16.2 Å². The first kappa shape index (κ1) is 38.2. The minimum absolute atomic E-state index is 0.0568. The maximum atomic E-state index is 13.9. The van der Waals surface area contributed by atoms with Crippen LogP contribution in [0.2, 0.25) is 10.0 Å². The average Bonchev–Trinajstić information content (AvgIpc) is 3.15. The number of benzene rings is 3. The Bertz CT molecular complexity index is 2040. The number of methoxy groups -OCH3 is 2. The van der Waals surface area contributed by atoms with Crippen LogP contribution in [-0.2, 0) is 32.5 Å². The van der Waals surface area contributed by atoms with Crippen molar-refractivity contribution >= 4 is 56.7 Å². The zero-order valence-corrected chi connectivity index (χ0v) is 31.8. The second-order valence-electron chi connectivity index (χ2n) is 13.1. The number of nitrogens with zero attached hydrogens (tertiary/aromatic N) is 3. The first-order chi connectivity index (χ1) is 25.4. The van der Waals surface area contributed by atoms with E-state index >= 15 is 0 Å². The molecule has 0 unspecified atom stereocenters. The van der Waals surface area contributed by atoms with Crippen molar-refractivity contribution in [1.29, 1.82) is 0 Å². The fraction of sp³-hybridized carbons (Fsp3) is 0.342. The predicted octanol–water partition coefficient (Wildman–Crippen LogP) is 7.16. The molecule has 3 aliphatic heterocycles. The van der Waals surface area contributed by atoms with E-state index in [-0.39, 0.29) is 24.6 Å². The van der Waals surface area contributed by atoms with E-state index in [1.165, 1.54) is 31.5 Å². The van der Waals surface area contributed by atoms with Crippen molar-refractivity contribution in [2.45, 2.75) is 38.0 Å². The van der Waals surface area contributed by atoms with Gasteiger partial charge in [-0.05, 0) is 97.1 Å². The molecule has 0 saturated carbocycles. The van der Waals surface area contributed by atoms with Gasteiger partial charge in [0.15, 0.2) is 11.5 Å². The Kier molecular flexibility index (Phi) is 12.0. The lowest BCUT2D eigenvalue weighted by Gasteiger charge is -2.44. The SMILES string of the molecule is COc1ccc([C@H](Cc2c(Cl)cncc2Cl)OC(=O)c2cccc(CN(C(=O)O[C@H]3CN4CCC3CC4)c3ccc(NS(C)(=O)=O)cc3)c2)cc1OC. The normalized spacial score (nSPS) is 18.5. The Hall–Kier alpha value is -4.56. The number of hydrogen-bond donors (Lipinski definition) is 1. The van der Waals surface area contributed by atoms with Crippen molar-refractivity contribution < 1.29 is 37.0 Å². The van der Waals surface area contributed by atoms with Gasteiger partial charge >= 0.3 is 12.1 Å². The molecule has 1 amide bonds. The first-order valence-corrected chi connectivity index (χ1v) is 19.6. The Balaban J connectivity index is 1.26. The molecule has 3 saturated heterocycles. The molecule has 3 aromatic carbocycles. The summed E-state index contributed by atoms with van der Waals surface area (Å²) in [5, 5.41) is 0.651. The largest absolute Gasteiger partial charge is 0.493 e. The Morgan fingerprint density at radius 2 is 1.66 bits per heavy atom. The van der Waals surface area contributed by atoms with Crippen molar-refractivity contribution in [2.75, 3.05) is 49.7 Å². The molecule has 2 bridgehead atoms. The minimum atomic E-state index is -3.50. The molecule has 53 heavy (non-hydrogen) atoms. The molecule has 280 valence electrons. The van der Waals surface area contributed by atoms with Gasteiger partial charge in [0.25, 0.3) is 0 Å². The average molecular weight is 784 g/mol. The number of rotatable bonds is 13. The maximum Gasteiger partial charge on any atom is 0.414 e. The van der Waals surface area contributed by atoms with E-state index < -0.39 is 28.2 Å². The lowest BCUT2D eigenvalue weighted by molar-refractivity contribution is -0.0311. The van der Waals surface area contributed by atoms with Crippen LogP contribution in [0.15, 0.2) is 79.1 Å². The van der Waals surface area contributed by atoms with Crippen molar-refractivity contribution in [3.05, 3.63) is 111 Å². The summed E-state index contributed by atoms with van der Waals surface area (Å²) in [6.07, 6.45) is 4.48. The van der Waals surface area contributed by atoms with Gasteiger partial charge in [0.05, 0.1) is 42.6 Å². The van der Waals surface area contributed by atoms with Crippen LogP contribution in [0.1, 0.15) is 46.0 Å². The van der Waals surface area contributed by atoms with Crippen molar-refractivity contribution in [3.8, 4) is 11.5 Å². The third-order valence-corrected chi connectivity index (χ3v) is 10.7. The summed E-state index contributed by atoms with van der Waals surface area (Å²) >= 11 is 13.0. The van der Waals surface area contributed by atoms with Gasteiger partial charge in [-0.15, -0.1) is 0 Å². The quantitative estimate of drug-likeness (QED) is 0.139. The van der Waals surface area contributed by atoms with Gasteiger partial charge in [-0.2, -0.15) is 0 Å². The van der Waals surface area contributed by atoms with Crippen LogP contribution in [0, 0.1) is 5.92 Å². The number of hydrogen-bond acceptors (Lipinski definition) is 10. The number of carbonyl (C=O) groups excluding carboxylic acids is 2. The summed E-state index contributed by atoms with van der Waals surface area (Å²) in [7, 11) is -0.453. The number of anilines is 2. The highest BCUT2D eigenvalue weighted by Gasteiger charge is 2.37. The second kappa shape index (κ2) is 16.6. The fourth-order valence-electron chi connectivity index (χ4n) is 6.70. The standard InChI is InChI=1S/C38H40Cl2N4O8S/c1-49-33-12-7-26(18-35(33)50-2)34(19-30-31(39)20-41-21-32(30)40)51-37(45)27-6-4-5-24(17-27)22-44(29-10-8-28(9-11-29)42-53(3,47)48)38(46)52-36-23-43-15-13-25(36)14-16-43/h4-12,17-18,20-21,25,34,36,42H,13-16,19,22-23H2,1-3H3/t34-,36-/m0/s1. The highest BCUT2D eigenvalue weighted by Crippen LogP contribution is 2.36. The first-order valence-electron chi connectivity index (χ1n) is 17.0. The fourth-order valence-corrected chi connectivity index (χ4v) is 7.78. The predicted molar refractivity (Wildman–Crippen MR) is 203 cm³/mol. The van der Waals surface area contributed by atoms with Gasteiger partial charge in [0.1, 0.15) is 12.2 Å². The van der Waals surface area contributed by atoms with Crippen molar-refractivity contribution in [2.24, 2.45) is 5.92 Å². The molecular formula is C38H40Cl2N4O8S. The van der Waals surface area contributed by atoms with E-state index in [2.05, 4.69) is 14.6 Å². The van der Waals surface area contributed by atoms with Gasteiger partial charge in [0, 0.05) is 36.7 Å². The lowest BCUT2D eigenvalue weighted by atomic mass is 9.86. The third-order valence-electron chi connectivity index (χ3n) is 9.42. The summed E-state index contributed by atoms with van der Waals surface area (Å²) in [4.78, 5) is 35.6. The molecule has 0 spiro atoms. The molecule has 4 aromatic rings.